The Bertz CT molecular complexity index is 474. The average Bonchev–Trinajstić information content (AvgIpc) is 2.27. The van der Waals surface area contributed by atoms with Crippen molar-refractivity contribution in [3.05, 3.63) is 35.9 Å². The zero-order chi connectivity index (χ0) is 12.0. The van der Waals surface area contributed by atoms with Gasteiger partial charge in [-0.25, -0.2) is 8.42 Å². The van der Waals surface area contributed by atoms with E-state index in [4.69, 9.17) is 11.6 Å². The standard InChI is InChI=1S/C11H11ClO3S/c12-7-9-16(14,15)11-5-3-10(4-6-11)2-1-8-13/h1-6,8H,7,9H2. The lowest BCUT2D eigenvalue weighted by atomic mass is 10.2. The van der Waals surface area contributed by atoms with E-state index >= 15 is 0 Å². The molecule has 0 saturated carbocycles. The van der Waals surface area contributed by atoms with Gasteiger partial charge in [0.15, 0.2) is 9.84 Å². The molecule has 0 fully saturated rings. The highest BCUT2D eigenvalue weighted by Gasteiger charge is 2.12. The van der Waals surface area contributed by atoms with Gasteiger partial charge in [0.25, 0.3) is 0 Å². The van der Waals surface area contributed by atoms with Crippen LogP contribution in [0.3, 0.4) is 0 Å². The molecule has 0 N–H and O–H groups in total. The first-order valence-electron chi connectivity index (χ1n) is 4.61. The second-order valence-corrected chi connectivity index (χ2v) is 5.56. The van der Waals surface area contributed by atoms with Crippen molar-refractivity contribution in [2.24, 2.45) is 0 Å². The first-order chi connectivity index (χ1) is 7.60. The summed E-state index contributed by atoms with van der Waals surface area (Å²) in [4.78, 5) is 10.3. The first kappa shape index (κ1) is 12.9. The third-order valence-corrected chi connectivity index (χ3v) is 4.10. The fraction of sp³-hybridized carbons (Fsp3) is 0.182. The van der Waals surface area contributed by atoms with Crippen LogP contribution < -0.4 is 0 Å². The van der Waals surface area contributed by atoms with Gasteiger partial charge in [-0.2, -0.15) is 0 Å². The Hall–Kier alpha value is -1.13. The summed E-state index contributed by atoms with van der Waals surface area (Å²) in [5.41, 5.74) is 0.775. The molecule has 0 aromatic heterocycles. The summed E-state index contributed by atoms with van der Waals surface area (Å²) >= 11 is 5.41. The fourth-order valence-corrected chi connectivity index (χ4v) is 2.76. The van der Waals surface area contributed by atoms with Crippen molar-refractivity contribution in [1.29, 1.82) is 0 Å². The molecule has 0 spiro atoms. The molecule has 5 heteroatoms. The fourth-order valence-electron chi connectivity index (χ4n) is 1.16. The molecule has 16 heavy (non-hydrogen) atoms. The molecule has 1 aromatic rings. The molecule has 0 unspecified atom stereocenters. The molecule has 3 nitrogen and oxygen atoms in total. The molecule has 0 saturated heterocycles. The number of carbonyl (C=O) groups excluding carboxylic acids is 1. The van der Waals surface area contributed by atoms with Crippen LogP contribution in [-0.4, -0.2) is 26.3 Å². The molecule has 0 aliphatic heterocycles. The Kier molecular flexibility index (Phi) is 4.71. The predicted octanol–water partition coefficient (Wildman–Crippen LogP) is 1.91. The van der Waals surface area contributed by atoms with E-state index in [0.29, 0.717) is 6.29 Å². The number of carbonyl (C=O) groups is 1. The quantitative estimate of drug-likeness (QED) is 0.461. The van der Waals surface area contributed by atoms with Crippen LogP contribution in [0.5, 0.6) is 0 Å². The molecule has 1 aromatic carbocycles. The average molecular weight is 259 g/mol. The van der Waals surface area contributed by atoms with Crippen LogP contribution in [0.4, 0.5) is 0 Å². The highest BCUT2D eigenvalue weighted by atomic mass is 35.5. The number of hydrogen-bond acceptors (Lipinski definition) is 3. The summed E-state index contributed by atoms with van der Waals surface area (Å²) in [6.07, 6.45) is 3.62. The SMILES string of the molecule is O=CC=Cc1ccc(S(=O)(=O)CCCl)cc1. The third kappa shape index (κ3) is 3.47. The summed E-state index contributed by atoms with van der Waals surface area (Å²) < 4.78 is 23.2. The minimum atomic E-state index is -3.27. The van der Waals surface area contributed by atoms with Crippen LogP contribution >= 0.6 is 11.6 Å². The number of hydrogen-bond donors (Lipinski definition) is 0. The second kappa shape index (κ2) is 5.82. The molecule has 0 heterocycles. The number of alkyl halides is 1. The molecule has 0 aliphatic carbocycles. The molecule has 0 bridgehead atoms. The summed E-state index contributed by atoms with van der Waals surface area (Å²) in [6, 6.07) is 6.29. The Morgan fingerprint density at radius 3 is 2.31 bits per heavy atom. The molecule has 0 radical (unpaired) electrons. The molecule has 86 valence electrons. The van der Waals surface area contributed by atoms with E-state index in [1.54, 1.807) is 18.2 Å². The highest BCUT2D eigenvalue weighted by Crippen LogP contribution is 2.13. The topological polar surface area (TPSA) is 51.2 Å². The van der Waals surface area contributed by atoms with Crippen LogP contribution in [0.15, 0.2) is 35.2 Å². The van der Waals surface area contributed by atoms with E-state index in [9.17, 15) is 13.2 Å². The number of aldehydes is 1. The van der Waals surface area contributed by atoms with Gasteiger partial charge in [0, 0.05) is 5.88 Å². The number of rotatable bonds is 5. The monoisotopic (exact) mass is 258 g/mol. The van der Waals surface area contributed by atoms with Crippen molar-refractivity contribution < 1.29 is 13.2 Å². The Morgan fingerprint density at radius 1 is 1.19 bits per heavy atom. The largest absolute Gasteiger partial charge is 0.299 e. The van der Waals surface area contributed by atoms with Gasteiger partial charge in [0.1, 0.15) is 6.29 Å². The molecule has 0 amide bonds. The molecule has 1 rings (SSSR count). The van der Waals surface area contributed by atoms with E-state index in [1.165, 1.54) is 18.2 Å². The van der Waals surface area contributed by atoms with Crippen molar-refractivity contribution in [1.82, 2.24) is 0 Å². The first-order valence-corrected chi connectivity index (χ1v) is 6.79. The van der Waals surface area contributed by atoms with Crippen molar-refractivity contribution in [2.45, 2.75) is 4.90 Å². The van der Waals surface area contributed by atoms with Gasteiger partial charge in [-0.05, 0) is 23.8 Å². The summed E-state index contributed by atoms with van der Waals surface area (Å²) in [5.74, 6) is 0.00715. The normalized spacial score (nSPS) is 11.8. The van der Waals surface area contributed by atoms with Gasteiger partial charge >= 0.3 is 0 Å². The maximum atomic E-state index is 11.6. The van der Waals surface area contributed by atoms with E-state index in [2.05, 4.69) is 0 Å². The van der Waals surface area contributed by atoms with Gasteiger partial charge in [-0.1, -0.05) is 18.2 Å². The zero-order valence-corrected chi connectivity index (χ0v) is 10.0. The number of benzene rings is 1. The van der Waals surface area contributed by atoms with Crippen molar-refractivity contribution in [3.63, 3.8) is 0 Å². The number of sulfone groups is 1. The molecule has 0 aliphatic rings. The Morgan fingerprint density at radius 2 is 1.81 bits per heavy atom. The van der Waals surface area contributed by atoms with Gasteiger partial charge < -0.3 is 0 Å². The Balaban J connectivity index is 2.95. The number of halogens is 1. The maximum absolute atomic E-state index is 11.6. The summed E-state index contributed by atoms with van der Waals surface area (Å²) in [5, 5.41) is 0. The zero-order valence-electron chi connectivity index (χ0n) is 8.47. The summed E-state index contributed by atoms with van der Waals surface area (Å²) in [7, 11) is -3.27. The van der Waals surface area contributed by atoms with Gasteiger partial charge in [-0.15, -0.1) is 11.6 Å². The molecular weight excluding hydrogens is 248 g/mol. The Labute approximate surface area is 99.7 Å². The van der Waals surface area contributed by atoms with Gasteiger partial charge in [0.05, 0.1) is 10.6 Å². The smallest absolute Gasteiger partial charge is 0.179 e. The lowest BCUT2D eigenvalue weighted by Gasteiger charge is -2.02. The lowest BCUT2D eigenvalue weighted by molar-refractivity contribution is -0.104. The van der Waals surface area contributed by atoms with E-state index in [1.807, 2.05) is 0 Å². The van der Waals surface area contributed by atoms with Crippen LogP contribution in [0.2, 0.25) is 0 Å². The molecular formula is C11H11ClO3S. The minimum Gasteiger partial charge on any atom is -0.299 e. The van der Waals surface area contributed by atoms with Crippen LogP contribution in [0, 0.1) is 0 Å². The van der Waals surface area contributed by atoms with Crippen LogP contribution in [-0.2, 0) is 14.6 Å². The highest BCUT2D eigenvalue weighted by molar-refractivity contribution is 7.91. The van der Waals surface area contributed by atoms with E-state index in [-0.39, 0.29) is 16.5 Å². The summed E-state index contributed by atoms with van der Waals surface area (Å²) in [6.45, 7) is 0. The van der Waals surface area contributed by atoms with Gasteiger partial charge in [0.2, 0.25) is 0 Å². The van der Waals surface area contributed by atoms with Crippen LogP contribution in [0.25, 0.3) is 6.08 Å². The maximum Gasteiger partial charge on any atom is 0.179 e. The van der Waals surface area contributed by atoms with E-state index < -0.39 is 9.84 Å². The van der Waals surface area contributed by atoms with Crippen molar-refractivity contribution in [2.75, 3.05) is 11.6 Å². The minimum absolute atomic E-state index is 0.0713. The van der Waals surface area contributed by atoms with Crippen molar-refractivity contribution in [3.8, 4) is 0 Å². The number of allylic oxidation sites excluding steroid dienone is 1. The molecule has 0 atom stereocenters. The lowest BCUT2D eigenvalue weighted by Crippen LogP contribution is -2.07. The van der Waals surface area contributed by atoms with Crippen molar-refractivity contribution >= 4 is 33.8 Å². The third-order valence-electron chi connectivity index (χ3n) is 1.95. The van der Waals surface area contributed by atoms with Crippen LogP contribution in [0.1, 0.15) is 5.56 Å². The van der Waals surface area contributed by atoms with Gasteiger partial charge in [-0.3, -0.25) is 4.79 Å². The predicted molar refractivity (Wildman–Crippen MR) is 64.3 cm³/mol. The van der Waals surface area contributed by atoms with E-state index in [0.717, 1.165) is 5.56 Å². The second-order valence-electron chi connectivity index (χ2n) is 3.07.